The molecular formula is C31H38ClF2N3O2. The minimum Gasteiger partial charge on any atom is -0.496 e. The fourth-order valence-electron chi connectivity index (χ4n) is 5.60. The SMILES string of the molecule is CC=C(C=NC(C)C(C)CC1CCC(O)CC1)c1cnc2[nH]cc(C(CF)c3c(OC)ccc(F)c3Cl)c2c1. The van der Waals surface area contributed by atoms with Gasteiger partial charge in [0.15, 0.2) is 0 Å². The number of rotatable bonds is 10. The lowest BCUT2D eigenvalue weighted by Crippen LogP contribution is -2.22. The number of hydrogen-bond acceptors (Lipinski definition) is 4. The third-order valence-electron chi connectivity index (χ3n) is 8.19. The van der Waals surface area contributed by atoms with E-state index < -0.39 is 18.4 Å². The molecule has 1 fully saturated rings. The highest BCUT2D eigenvalue weighted by Gasteiger charge is 2.27. The highest BCUT2D eigenvalue weighted by molar-refractivity contribution is 6.31. The molecule has 1 aliphatic rings. The number of nitrogens with one attached hydrogen (secondary N) is 1. The number of H-pyrrole nitrogens is 1. The fourth-order valence-corrected chi connectivity index (χ4v) is 5.89. The molecule has 3 unspecified atom stereocenters. The van der Waals surface area contributed by atoms with Crippen LogP contribution in [0.4, 0.5) is 8.78 Å². The zero-order chi connectivity index (χ0) is 28.1. The molecule has 0 saturated heterocycles. The van der Waals surface area contributed by atoms with E-state index in [1.165, 1.54) is 19.2 Å². The topological polar surface area (TPSA) is 70.5 Å². The number of aromatic nitrogens is 2. The highest BCUT2D eigenvalue weighted by Crippen LogP contribution is 2.41. The predicted octanol–water partition coefficient (Wildman–Crippen LogP) is 7.91. The van der Waals surface area contributed by atoms with Crippen LogP contribution in [-0.2, 0) is 0 Å². The highest BCUT2D eigenvalue weighted by atomic mass is 35.5. The Kier molecular flexibility index (Phi) is 9.78. The maximum atomic E-state index is 14.5. The minimum atomic E-state index is -0.835. The quantitative estimate of drug-likeness (QED) is 0.249. The average Bonchev–Trinajstić information content (AvgIpc) is 3.36. The fraction of sp³-hybridized carbons (Fsp3) is 0.484. The normalized spacial score (nSPS) is 20.9. The van der Waals surface area contributed by atoms with Crippen LogP contribution in [0.25, 0.3) is 16.6 Å². The summed E-state index contributed by atoms with van der Waals surface area (Å²) in [6.07, 6.45) is 12.3. The Balaban J connectivity index is 1.58. The van der Waals surface area contributed by atoms with Crippen LogP contribution in [0.3, 0.4) is 0 Å². The van der Waals surface area contributed by atoms with Crippen LogP contribution in [0.2, 0.25) is 5.02 Å². The second-order valence-corrected chi connectivity index (χ2v) is 11.1. The molecule has 8 heteroatoms. The summed E-state index contributed by atoms with van der Waals surface area (Å²) in [4.78, 5) is 12.6. The smallest absolute Gasteiger partial charge is 0.142 e. The lowest BCUT2D eigenvalue weighted by atomic mass is 9.80. The van der Waals surface area contributed by atoms with E-state index in [0.717, 1.165) is 48.6 Å². The van der Waals surface area contributed by atoms with Gasteiger partial charge in [-0.05, 0) is 87.1 Å². The van der Waals surface area contributed by atoms with Crippen molar-refractivity contribution in [3.05, 3.63) is 64.2 Å². The number of hydrogen-bond donors (Lipinski definition) is 2. The largest absolute Gasteiger partial charge is 0.496 e. The molecule has 3 aromatic rings. The van der Waals surface area contributed by atoms with Crippen molar-refractivity contribution < 1.29 is 18.6 Å². The summed E-state index contributed by atoms with van der Waals surface area (Å²) in [6.45, 7) is 5.54. The number of allylic oxidation sites excluding steroid dienone is 2. The first-order chi connectivity index (χ1) is 18.8. The Morgan fingerprint density at radius 1 is 1.28 bits per heavy atom. The first-order valence-electron chi connectivity index (χ1n) is 13.7. The van der Waals surface area contributed by atoms with Crippen LogP contribution < -0.4 is 4.74 Å². The second-order valence-electron chi connectivity index (χ2n) is 10.7. The van der Waals surface area contributed by atoms with E-state index in [1.54, 1.807) is 12.4 Å². The van der Waals surface area contributed by atoms with Gasteiger partial charge in [0.25, 0.3) is 0 Å². The number of ether oxygens (including phenoxy) is 1. The van der Waals surface area contributed by atoms with E-state index in [0.29, 0.717) is 28.8 Å². The summed E-state index contributed by atoms with van der Waals surface area (Å²) in [6, 6.07) is 4.78. The lowest BCUT2D eigenvalue weighted by molar-refractivity contribution is 0.101. The molecule has 0 bridgehead atoms. The summed E-state index contributed by atoms with van der Waals surface area (Å²) < 4.78 is 34.3. The van der Waals surface area contributed by atoms with Crippen LogP contribution in [-0.4, -0.2) is 47.2 Å². The Bertz CT molecular complexity index is 1330. The van der Waals surface area contributed by atoms with Crippen LogP contribution in [0.5, 0.6) is 5.75 Å². The standard InChI is InChI=1S/C31H38ClF2N3O2/c1-5-21(15-35-19(3)18(2)12-20-6-8-23(38)9-7-20)22-13-24-26(17-37-31(24)36-16-22)25(14-33)29-28(39-4)11-10-27(34)30(29)32/h5,10-11,13,15-20,23,25,38H,6-9,12,14H2,1-4H3,(H,36,37). The zero-order valence-corrected chi connectivity index (χ0v) is 23.8. The van der Waals surface area contributed by atoms with E-state index in [4.69, 9.17) is 21.3 Å². The van der Waals surface area contributed by atoms with Crippen molar-refractivity contribution in [1.82, 2.24) is 9.97 Å². The number of alkyl halides is 1. The first kappa shape index (κ1) is 29.2. The predicted molar refractivity (Wildman–Crippen MR) is 155 cm³/mol. The van der Waals surface area contributed by atoms with Gasteiger partial charge < -0.3 is 14.8 Å². The number of fused-ring (bicyclic) bond motifs is 1. The number of halogens is 3. The number of benzene rings is 1. The molecular weight excluding hydrogens is 520 g/mol. The average molecular weight is 558 g/mol. The van der Waals surface area contributed by atoms with Gasteiger partial charge in [0.1, 0.15) is 23.9 Å². The third kappa shape index (κ3) is 6.52. The van der Waals surface area contributed by atoms with Gasteiger partial charge in [-0.25, -0.2) is 9.37 Å². The Morgan fingerprint density at radius 2 is 2.03 bits per heavy atom. The number of methoxy groups -OCH3 is 1. The molecule has 0 aliphatic heterocycles. The summed E-state index contributed by atoms with van der Waals surface area (Å²) in [5.74, 6) is -0.0570. The number of aliphatic hydroxyl groups excluding tert-OH is 1. The molecule has 1 aliphatic carbocycles. The van der Waals surface area contributed by atoms with E-state index in [2.05, 4.69) is 23.8 Å². The first-order valence-corrected chi connectivity index (χ1v) is 14.1. The Labute approximate surface area is 234 Å². The van der Waals surface area contributed by atoms with E-state index >= 15 is 0 Å². The van der Waals surface area contributed by atoms with Crippen LogP contribution >= 0.6 is 11.6 Å². The van der Waals surface area contributed by atoms with Crippen molar-refractivity contribution in [2.75, 3.05) is 13.8 Å². The minimum absolute atomic E-state index is 0.135. The van der Waals surface area contributed by atoms with Gasteiger partial charge in [-0.15, -0.1) is 0 Å². The molecule has 210 valence electrons. The maximum Gasteiger partial charge on any atom is 0.142 e. The van der Waals surface area contributed by atoms with E-state index in [1.807, 2.05) is 25.3 Å². The number of aliphatic hydroxyl groups is 1. The molecule has 1 aromatic carbocycles. The van der Waals surface area contributed by atoms with Crippen molar-refractivity contribution in [3.8, 4) is 5.75 Å². The molecule has 2 aromatic heterocycles. The van der Waals surface area contributed by atoms with Gasteiger partial charge in [-0.3, -0.25) is 9.38 Å². The van der Waals surface area contributed by atoms with Crippen LogP contribution in [0.1, 0.15) is 75.5 Å². The van der Waals surface area contributed by atoms with Crippen LogP contribution in [0, 0.1) is 17.7 Å². The number of pyridine rings is 1. The van der Waals surface area contributed by atoms with Crippen LogP contribution in [0.15, 0.2) is 41.7 Å². The number of nitrogens with zero attached hydrogens (tertiary/aromatic N) is 2. The molecule has 2 N–H and O–H groups in total. The molecule has 39 heavy (non-hydrogen) atoms. The second kappa shape index (κ2) is 13.1. The van der Waals surface area contributed by atoms with Gasteiger partial charge in [0, 0.05) is 47.1 Å². The third-order valence-corrected chi connectivity index (χ3v) is 8.58. The summed E-state index contributed by atoms with van der Waals surface area (Å²) in [5.41, 5.74) is 3.27. The van der Waals surface area contributed by atoms with Crippen molar-refractivity contribution in [1.29, 1.82) is 0 Å². The molecule has 3 atom stereocenters. The van der Waals surface area contributed by atoms with Gasteiger partial charge in [-0.1, -0.05) is 24.6 Å². The van der Waals surface area contributed by atoms with E-state index in [-0.39, 0.29) is 22.7 Å². The Hall–Kier alpha value is -2.77. The van der Waals surface area contributed by atoms with Crippen molar-refractivity contribution in [3.63, 3.8) is 0 Å². The summed E-state index contributed by atoms with van der Waals surface area (Å²) in [5, 5.41) is 10.4. The van der Waals surface area contributed by atoms with Gasteiger partial charge >= 0.3 is 0 Å². The van der Waals surface area contributed by atoms with E-state index in [9.17, 15) is 13.9 Å². The number of aromatic amines is 1. The summed E-state index contributed by atoms with van der Waals surface area (Å²) >= 11 is 6.30. The number of aliphatic imine (C=N–C) groups is 1. The monoisotopic (exact) mass is 557 g/mol. The maximum absolute atomic E-state index is 14.5. The lowest BCUT2D eigenvalue weighted by Gasteiger charge is -2.28. The Morgan fingerprint density at radius 3 is 2.69 bits per heavy atom. The molecule has 1 saturated carbocycles. The van der Waals surface area contributed by atoms with Crippen molar-refractivity contribution >= 4 is 34.4 Å². The zero-order valence-electron chi connectivity index (χ0n) is 23.1. The van der Waals surface area contributed by atoms with Crippen molar-refractivity contribution in [2.45, 2.75) is 70.9 Å². The molecule has 0 radical (unpaired) electrons. The molecule has 2 heterocycles. The van der Waals surface area contributed by atoms with Gasteiger partial charge in [-0.2, -0.15) is 0 Å². The van der Waals surface area contributed by atoms with Gasteiger partial charge in [0.2, 0.25) is 0 Å². The molecule has 4 rings (SSSR count). The molecule has 0 amide bonds. The molecule has 0 spiro atoms. The molecule has 5 nitrogen and oxygen atoms in total. The van der Waals surface area contributed by atoms with Crippen molar-refractivity contribution in [2.24, 2.45) is 16.8 Å². The summed E-state index contributed by atoms with van der Waals surface area (Å²) in [7, 11) is 1.45. The van der Waals surface area contributed by atoms with Gasteiger partial charge in [0.05, 0.1) is 18.2 Å².